The molecule has 0 atom stereocenters. The third-order valence-corrected chi connectivity index (χ3v) is 5.31. The lowest BCUT2D eigenvalue weighted by Gasteiger charge is -2.16. The number of nitrogens with one attached hydrogen (secondary N) is 1. The van der Waals surface area contributed by atoms with Gasteiger partial charge in [-0.2, -0.15) is 0 Å². The molecule has 0 bridgehead atoms. The van der Waals surface area contributed by atoms with E-state index in [4.69, 9.17) is 0 Å². The number of hydrogen-bond acceptors (Lipinski definition) is 3. The second-order valence-electron chi connectivity index (χ2n) is 7.84. The van der Waals surface area contributed by atoms with E-state index in [0.29, 0.717) is 17.0 Å². The summed E-state index contributed by atoms with van der Waals surface area (Å²) in [6.45, 7) is 7.94. The van der Waals surface area contributed by atoms with Crippen LogP contribution in [0.2, 0.25) is 0 Å². The molecule has 0 radical (unpaired) electrons. The second-order valence-corrected chi connectivity index (χ2v) is 7.84. The van der Waals surface area contributed by atoms with Crippen LogP contribution in [0.25, 0.3) is 5.57 Å². The van der Waals surface area contributed by atoms with Crippen LogP contribution in [0, 0.1) is 27.7 Å². The lowest BCUT2D eigenvalue weighted by molar-refractivity contribution is -0.120. The molecule has 1 heterocycles. The highest BCUT2D eigenvalue weighted by atomic mass is 16.2. The summed E-state index contributed by atoms with van der Waals surface area (Å²) in [4.78, 5) is 28.2. The molecule has 150 valence electrons. The van der Waals surface area contributed by atoms with Gasteiger partial charge in [0.15, 0.2) is 0 Å². The molecule has 3 aromatic rings. The number of aryl methyl sites for hydroxylation is 4. The summed E-state index contributed by atoms with van der Waals surface area (Å²) in [5, 5.41) is 3.23. The summed E-state index contributed by atoms with van der Waals surface area (Å²) in [5.74, 6) is -0.661. The number of nitrogens with zero attached hydrogens (tertiary/aromatic N) is 1. The molecule has 1 N–H and O–H groups in total. The molecule has 4 nitrogen and oxygen atoms in total. The number of anilines is 2. The van der Waals surface area contributed by atoms with E-state index >= 15 is 0 Å². The van der Waals surface area contributed by atoms with E-state index in [1.165, 1.54) is 4.90 Å². The molecule has 0 spiro atoms. The van der Waals surface area contributed by atoms with Gasteiger partial charge in [0.05, 0.1) is 11.3 Å². The second kappa shape index (κ2) is 7.64. The van der Waals surface area contributed by atoms with Gasteiger partial charge < -0.3 is 5.32 Å². The number of carbonyl (C=O) groups excluding carboxylic acids is 2. The maximum atomic E-state index is 13.5. The quantitative estimate of drug-likeness (QED) is 0.608. The number of rotatable bonds is 4. The van der Waals surface area contributed by atoms with E-state index in [0.717, 1.165) is 33.5 Å². The number of imide groups is 1. The van der Waals surface area contributed by atoms with Gasteiger partial charge in [0, 0.05) is 5.69 Å². The number of benzene rings is 3. The van der Waals surface area contributed by atoms with Crippen LogP contribution in [0.3, 0.4) is 0 Å². The van der Waals surface area contributed by atoms with Crippen LogP contribution in [0.4, 0.5) is 11.4 Å². The third-order valence-electron chi connectivity index (χ3n) is 5.31. The van der Waals surface area contributed by atoms with E-state index in [1.54, 1.807) is 12.1 Å². The molecule has 30 heavy (non-hydrogen) atoms. The van der Waals surface area contributed by atoms with E-state index in [9.17, 15) is 9.59 Å². The molecule has 1 aliphatic rings. The standard InChI is InChI=1S/C26H24N2O2/c1-16-8-11-21(12-9-16)28-25(29)23(22-13-10-18(3)14-19(22)4)24(26(28)30)27-20-7-5-6-17(2)15-20/h5-15,27H,1-4H3. The Morgan fingerprint density at radius 2 is 1.37 bits per heavy atom. The maximum Gasteiger partial charge on any atom is 0.282 e. The fourth-order valence-electron chi connectivity index (χ4n) is 3.79. The Morgan fingerprint density at radius 1 is 0.700 bits per heavy atom. The molecule has 1 aliphatic heterocycles. The van der Waals surface area contributed by atoms with Gasteiger partial charge in [0.1, 0.15) is 5.70 Å². The van der Waals surface area contributed by atoms with E-state index in [-0.39, 0.29) is 11.8 Å². The molecule has 2 amide bonds. The van der Waals surface area contributed by atoms with Crippen LogP contribution in [0.15, 0.2) is 72.4 Å². The molecule has 4 heteroatoms. The molecule has 0 saturated carbocycles. The normalized spacial score (nSPS) is 13.9. The number of amides is 2. The van der Waals surface area contributed by atoms with E-state index < -0.39 is 0 Å². The molecular weight excluding hydrogens is 372 g/mol. The zero-order chi connectivity index (χ0) is 21.4. The fraction of sp³-hybridized carbons (Fsp3) is 0.154. The van der Waals surface area contributed by atoms with Crippen LogP contribution < -0.4 is 10.2 Å². The first kappa shape index (κ1) is 19.6. The highest BCUT2D eigenvalue weighted by Gasteiger charge is 2.40. The van der Waals surface area contributed by atoms with Gasteiger partial charge in [0.2, 0.25) is 0 Å². The molecule has 0 saturated heterocycles. The minimum absolute atomic E-state index is 0.304. The molecule has 0 aromatic heterocycles. The summed E-state index contributed by atoms with van der Waals surface area (Å²) < 4.78 is 0. The fourth-order valence-corrected chi connectivity index (χ4v) is 3.79. The van der Waals surface area contributed by atoms with Crippen molar-refractivity contribution in [3.63, 3.8) is 0 Å². The third kappa shape index (κ3) is 3.52. The average Bonchev–Trinajstić information content (AvgIpc) is 2.93. The van der Waals surface area contributed by atoms with Crippen molar-refractivity contribution in [3.05, 3.63) is 100 Å². The molecule has 3 aromatic carbocycles. The lowest BCUT2D eigenvalue weighted by Crippen LogP contribution is -2.32. The molecule has 0 aliphatic carbocycles. The van der Waals surface area contributed by atoms with E-state index in [1.807, 2.05) is 82.3 Å². The highest BCUT2D eigenvalue weighted by Crippen LogP contribution is 2.35. The van der Waals surface area contributed by atoms with Gasteiger partial charge in [-0.3, -0.25) is 9.59 Å². The molecule has 4 rings (SSSR count). The Morgan fingerprint density at radius 3 is 2.03 bits per heavy atom. The van der Waals surface area contributed by atoms with Crippen molar-refractivity contribution >= 4 is 28.8 Å². The van der Waals surface area contributed by atoms with Gasteiger partial charge in [-0.1, -0.05) is 53.6 Å². The van der Waals surface area contributed by atoms with Crippen molar-refractivity contribution < 1.29 is 9.59 Å². The first-order valence-electron chi connectivity index (χ1n) is 9.96. The Labute approximate surface area is 176 Å². The number of hydrogen-bond donors (Lipinski definition) is 1. The monoisotopic (exact) mass is 396 g/mol. The first-order chi connectivity index (χ1) is 14.3. The van der Waals surface area contributed by atoms with Crippen LogP contribution in [0.5, 0.6) is 0 Å². The molecular formula is C26H24N2O2. The zero-order valence-corrected chi connectivity index (χ0v) is 17.6. The van der Waals surface area contributed by atoms with Crippen LogP contribution >= 0.6 is 0 Å². The molecule has 0 unspecified atom stereocenters. The Bertz CT molecular complexity index is 1190. The van der Waals surface area contributed by atoms with Gasteiger partial charge in [-0.15, -0.1) is 0 Å². The Hall–Kier alpha value is -3.66. The van der Waals surface area contributed by atoms with Crippen molar-refractivity contribution in [1.29, 1.82) is 0 Å². The predicted octanol–water partition coefficient (Wildman–Crippen LogP) is 5.32. The summed E-state index contributed by atoms with van der Waals surface area (Å²) in [6, 6.07) is 21.1. The smallest absolute Gasteiger partial charge is 0.282 e. The minimum atomic E-state index is -0.347. The van der Waals surface area contributed by atoms with Crippen molar-refractivity contribution in [3.8, 4) is 0 Å². The SMILES string of the molecule is Cc1ccc(N2C(=O)C(Nc3cccc(C)c3)=C(c3ccc(C)cc3C)C2=O)cc1. The summed E-state index contributed by atoms with van der Waals surface area (Å²) in [5.41, 5.74) is 7.02. The summed E-state index contributed by atoms with van der Waals surface area (Å²) in [6.07, 6.45) is 0. The van der Waals surface area contributed by atoms with Crippen molar-refractivity contribution in [1.82, 2.24) is 0 Å². The Balaban J connectivity index is 1.86. The molecule has 0 fully saturated rings. The maximum absolute atomic E-state index is 13.5. The predicted molar refractivity (Wildman–Crippen MR) is 121 cm³/mol. The first-order valence-corrected chi connectivity index (χ1v) is 9.96. The van der Waals surface area contributed by atoms with E-state index in [2.05, 4.69) is 5.32 Å². The summed E-state index contributed by atoms with van der Waals surface area (Å²) in [7, 11) is 0. The average molecular weight is 396 g/mol. The van der Waals surface area contributed by atoms with Crippen LogP contribution in [-0.4, -0.2) is 11.8 Å². The highest BCUT2D eigenvalue weighted by molar-refractivity contribution is 6.46. The van der Waals surface area contributed by atoms with Crippen LogP contribution in [-0.2, 0) is 9.59 Å². The lowest BCUT2D eigenvalue weighted by atomic mass is 9.97. The van der Waals surface area contributed by atoms with Gasteiger partial charge >= 0.3 is 0 Å². The number of carbonyl (C=O) groups is 2. The van der Waals surface area contributed by atoms with Gasteiger partial charge in [0.25, 0.3) is 11.8 Å². The Kier molecular flexibility index (Phi) is 5.00. The van der Waals surface area contributed by atoms with Crippen molar-refractivity contribution in [2.24, 2.45) is 0 Å². The van der Waals surface area contributed by atoms with Crippen molar-refractivity contribution in [2.75, 3.05) is 10.2 Å². The van der Waals surface area contributed by atoms with Gasteiger partial charge in [-0.05, 0) is 68.7 Å². The topological polar surface area (TPSA) is 49.4 Å². The largest absolute Gasteiger partial charge is 0.350 e. The zero-order valence-electron chi connectivity index (χ0n) is 17.6. The minimum Gasteiger partial charge on any atom is -0.350 e. The van der Waals surface area contributed by atoms with Crippen LogP contribution in [0.1, 0.15) is 27.8 Å². The van der Waals surface area contributed by atoms with Gasteiger partial charge in [-0.25, -0.2) is 4.90 Å². The van der Waals surface area contributed by atoms with Crippen molar-refractivity contribution in [2.45, 2.75) is 27.7 Å². The summed E-state index contributed by atoms with van der Waals surface area (Å²) >= 11 is 0.